The third kappa shape index (κ3) is 1.33. The molecule has 0 aromatic heterocycles. The average Bonchev–Trinajstić information content (AvgIpc) is 1.62. The summed E-state index contributed by atoms with van der Waals surface area (Å²) in [5, 5.41) is 0. The maximum Gasteiger partial charge on any atom is 0.252 e. The van der Waals surface area contributed by atoms with E-state index < -0.39 is 12.0 Å². The van der Waals surface area contributed by atoms with Crippen LogP contribution in [0.4, 0.5) is 8.78 Å². The highest BCUT2D eigenvalue weighted by Gasteiger charge is 2.45. The van der Waals surface area contributed by atoms with Crippen LogP contribution in [-0.2, 0) is 4.79 Å². The van der Waals surface area contributed by atoms with E-state index in [-0.39, 0.29) is 12.8 Å². The molecular formula is C5H5F2NO. The summed E-state index contributed by atoms with van der Waals surface area (Å²) in [5.41, 5.74) is 0. The molecule has 0 radical (unpaired) electrons. The molecule has 0 spiro atoms. The molecule has 1 rings (SSSR count). The summed E-state index contributed by atoms with van der Waals surface area (Å²) in [6, 6.07) is -0.475. The van der Waals surface area contributed by atoms with Crippen molar-refractivity contribution in [3.63, 3.8) is 0 Å². The summed E-state index contributed by atoms with van der Waals surface area (Å²) in [7, 11) is 0. The fraction of sp³-hybridized carbons (Fsp3) is 0.800. The molecule has 0 aromatic rings. The number of hydrogen-bond acceptors (Lipinski definition) is 2. The Kier molecular flexibility index (Phi) is 1.33. The van der Waals surface area contributed by atoms with Gasteiger partial charge >= 0.3 is 0 Å². The van der Waals surface area contributed by atoms with Crippen LogP contribution in [0.3, 0.4) is 0 Å². The van der Waals surface area contributed by atoms with Crippen LogP contribution < -0.4 is 0 Å². The minimum absolute atomic E-state index is 0.289. The van der Waals surface area contributed by atoms with Crippen molar-refractivity contribution in [3.8, 4) is 0 Å². The molecule has 2 nitrogen and oxygen atoms in total. The van der Waals surface area contributed by atoms with Crippen LogP contribution in [-0.4, -0.2) is 18.0 Å². The van der Waals surface area contributed by atoms with Crippen molar-refractivity contribution in [1.29, 1.82) is 0 Å². The summed E-state index contributed by atoms with van der Waals surface area (Å²) in [4.78, 5) is 12.6. The van der Waals surface area contributed by atoms with Crippen molar-refractivity contribution >= 4 is 6.08 Å². The first-order valence-corrected chi connectivity index (χ1v) is 2.59. The Morgan fingerprint density at radius 1 is 1.56 bits per heavy atom. The number of hydrogen-bond donors (Lipinski definition) is 0. The maximum absolute atomic E-state index is 11.9. The largest absolute Gasteiger partial charge is 0.252 e. The summed E-state index contributed by atoms with van der Waals surface area (Å²) in [5.74, 6) is -2.58. The zero-order valence-electron chi connectivity index (χ0n) is 4.60. The van der Waals surface area contributed by atoms with Gasteiger partial charge in [-0.25, -0.2) is 18.6 Å². The van der Waals surface area contributed by atoms with E-state index in [1.165, 1.54) is 6.08 Å². The average molecular weight is 133 g/mol. The van der Waals surface area contributed by atoms with Crippen molar-refractivity contribution in [2.24, 2.45) is 4.99 Å². The molecule has 4 heteroatoms. The number of isocyanates is 1. The molecule has 0 bridgehead atoms. The molecular weight excluding hydrogens is 128 g/mol. The quantitative estimate of drug-likeness (QED) is 0.389. The lowest BCUT2D eigenvalue weighted by atomic mass is 9.89. The number of rotatable bonds is 1. The Morgan fingerprint density at radius 2 is 2.11 bits per heavy atom. The molecule has 1 aliphatic carbocycles. The lowest BCUT2D eigenvalue weighted by Crippen LogP contribution is -2.38. The second kappa shape index (κ2) is 1.88. The SMILES string of the molecule is O=C=NC1CC(F)(F)C1. The predicted molar refractivity (Wildman–Crippen MR) is 26.1 cm³/mol. The lowest BCUT2D eigenvalue weighted by Gasteiger charge is -2.30. The molecule has 9 heavy (non-hydrogen) atoms. The highest BCUT2D eigenvalue weighted by molar-refractivity contribution is 5.34. The minimum atomic E-state index is -2.58. The van der Waals surface area contributed by atoms with Crippen LogP contribution in [0, 0.1) is 0 Å². The number of carbonyl (C=O) groups excluding carboxylic acids is 1. The second-order valence-corrected chi connectivity index (χ2v) is 2.14. The Balaban J connectivity index is 2.35. The first kappa shape index (κ1) is 6.36. The van der Waals surface area contributed by atoms with Crippen molar-refractivity contribution in [3.05, 3.63) is 0 Å². The molecule has 1 fully saturated rings. The van der Waals surface area contributed by atoms with Gasteiger partial charge in [0.15, 0.2) is 0 Å². The van der Waals surface area contributed by atoms with Gasteiger partial charge in [0.1, 0.15) is 0 Å². The van der Waals surface area contributed by atoms with Gasteiger partial charge in [-0.1, -0.05) is 0 Å². The first-order valence-electron chi connectivity index (χ1n) is 2.59. The van der Waals surface area contributed by atoms with E-state index in [1.54, 1.807) is 0 Å². The van der Waals surface area contributed by atoms with Gasteiger partial charge in [-0.05, 0) is 0 Å². The van der Waals surface area contributed by atoms with Crippen molar-refractivity contribution in [2.75, 3.05) is 0 Å². The van der Waals surface area contributed by atoms with Gasteiger partial charge in [-0.15, -0.1) is 0 Å². The summed E-state index contributed by atoms with van der Waals surface area (Å²) in [6.07, 6.45) is 0.670. The van der Waals surface area contributed by atoms with Crippen LogP contribution >= 0.6 is 0 Å². The third-order valence-corrected chi connectivity index (χ3v) is 1.30. The van der Waals surface area contributed by atoms with E-state index in [1.807, 2.05) is 0 Å². The standard InChI is InChI=1S/C5H5F2NO/c6-5(7)1-4(2-5)8-3-9/h4H,1-2H2. The minimum Gasteiger partial charge on any atom is -0.211 e. The highest BCUT2D eigenvalue weighted by Crippen LogP contribution is 2.38. The van der Waals surface area contributed by atoms with Gasteiger partial charge in [0, 0.05) is 12.8 Å². The van der Waals surface area contributed by atoms with Crippen LogP contribution in [0.2, 0.25) is 0 Å². The molecule has 50 valence electrons. The number of nitrogens with zero attached hydrogens (tertiary/aromatic N) is 1. The van der Waals surface area contributed by atoms with Crippen LogP contribution in [0.15, 0.2) is 4.99 Å². The van der Waals surface area contributed by atoms with Crippen LogP contribution in [0.1, 0.15) is 12.8 Å². The van der Waals surface area contributed by atoms with Gasteiger partial charge in [0.25, 0.3) is 5.92 Å². The fourth-order valence-electron chi connectivity index (χ4n) is 0.795. The van der Waals surface area contributed by atoms with Crippen LogP contribution in [0.25, 0.3) is 0 Å². The molecule has 1 aliphatic rings. The zero-order chi connectivity index (χ0) is 6.91. The molecule has 1 saturated carbocycles. The fourth-order valence-corrected chi connectivity index (χ4v) is 0.795. The predicted octanol–water partition coefficient (Wildman–Crippen LogP) is 1.12. The van der Waals surface area contributed by atoms with Gasteiger partial charge in [-0.3, -0.25) is 0 Å². The molecule has 0 unspecified atom stereocenters. The van der Waals surface area contributed by atoms with E-state index >= 15 is 0 Å². The third-order valence-electron chi connectivity index (χ3n) is 1.30. The van der Waals surface area contributed by atoms with Gasteiger partial charge < -0.3 is 0 Å². The molecule has 0 aliphatic heterocycles. The summed E-state index contributed by atoms with van der Waals surface area (Å²) < 4.78 is 23.8. The Bertz CT molecular complexity index is 154. The van der Waals surface area contributed by atoms with Crippen LogP contribution in [0.5, 0.6) is 0 Å². The molecule has 0 amide bonds. The number of aliphatic imine (C=N–C) groups is 1. The smallest absolute Gasteiger partial charge is 0.211 e. The van der Waals surface area contributed by atoms with Crippen molar-refractivity contribution in [2.45, 2.75) is 24.8 Å². The van der Waals surface area contributed by atoms with Gasteiger partial charge in [-0.2, -0.15) is 0 Å². The molecule has 0 heterocycles. The lowest BCUT2D eigenvalue weighted by molar-refractivity contribution is -0.0833. The monoisotopic (exact) mass is 133 g/mol. The van der Waals surface area contributed by atoms with E-state index in [0.29, 0.717) is 0 Å². The zero-order valence-corrected chi connectivity index (χ0v) is 4.60. The Morgan fingerprint density at radius 3 is 2.44 bits per heavy atom. The first-order chi connectivity index (χ1) is 4.14. The molecule has 0 atom stereocenters. The topological polar surface area (TPSA) is 29.4 Å². The Hall–Kier alpha value is -0.760. The molecule has 0 N–H and O–H groups in total. The maximum atomic E-state index is 11.9. The van der Waals surface area contributed by atoms with E-state index in [2.05, 4.69) is 4.99 Å². The second-order valence-electron chi connectivity index (χ2n) is 2.14. The summed E-state index contributed by atoms with van der Waals surface area (Å²) >= 11 is 0. The Labute approximate surface area is 50.6 Å². The number of alkyl halides is 2. The van der Waals surface area contributed by atoms with E-state index in [4.69, 9.17) is 0 Å². The van der Waals surface area contributed by atoms with Gasteiger partial charge in [0.2, 0.25) is 6.08 Å². The van der Waals surface area contributed by atoms with Gasteiger partial charge in [0.05, 0.1) is 6.04 Å². The van der Waals surface area contributed by atoms with Crippen molar-refractivity contribution in [1.82, 2.24) is 0 Å². The van der Waals surface area contributed by atoms with E-state index in [9.17, 15) is 13.6 Å². The molecule has 0 aromatic carbocycles. The van der Waals surface area contributed by atoms with Crippen molar-refractivity contribution < 1.29 is 13.6 Å². The highest BCUT2D eigenvalue weighted by atomic mass is 19.3. The summed E-state index contributed by atoms with van der Waals surface area (Å²) in [6.45, 7) is 0. The molecule has 0 saturated heterocycles. The number of halogens is 2. The van der Waals surface area contributed by atoms with E-state index in [0.717, 1.165) is 0 Å². The normalized spacial score (nSPS) is 24.2.